The molecule has 6 heteroatoms. The van der Waals surface area contributed by atoms with Crippen molar-refractivity contribution in [2.75, 3.05) is 59.2 Å². The van der Waals surface area contributed by atoms with Gasteiger partial charge in [0.05, 0.1) is 6.10 Å². The van der Waals surface area contributed by atoms with Gasteiger partial charge in [0.1, 0.15) is 5.54 Å². The summed E-state index contributed by atoms with van der Waals surface area (Å²) in [5, 5.41) is 3.27. The third-order valence-electron chi connectivity index (χ3n) is 7.45. The molecule has 0 spiro atoms. The van der Waals surface area contributed by atoms with Crippen molar-refractivity contribution in [1.29, 1.82) is 0 Å². The van der Waals surface area contributed by atoms with Crippen LogP contribution in [0.3, 0.4) is 0 Å². The van der Waals surface area contributed by atoms with Crippen LogP contribution in [0, 0.1) is 13.8 Å². The first kappa shape index (κ1) is 23.2. The Kier molecular flexibility index (Phi) is 7.56. The van der Waals surface area contributed by atoms with Gasteiger partial charge in [-0.2, -0.15) is 0 Å². The number of aryl methyl sites for hydroxylation is 2. The van der Waals surface area contributed by atoms with E-state index < -0.39 is 5.54 Å². The van der Waals surface area contributed by atoms with E-state index in [1.165, 1.54) is 0 Å². The fraction of sp³-hybridized carbons (Fsp3) is 0.708. The summed E-state index contributed by atoms with van der Waals surface area (Å²) in [4.78, 5) is 20.7. The highest BCUT2D eigenvalue weighted by atomic mass is 16.5. The Labute approximate surface area is 182 Å². The predicted octanol–water partition coefficient (Wildman–Crippen LogP) is 2.75. The summed E-state index contributed by atoms with van der Waals surface area (Å²) in [6.07, 6.45) is 3.05. The van der Waals surface area contributed by atoms with Gasteiger partial charge in [0.2, 0.25) is 5.91 Å². The standard InChI is InChI=1S/C24H40N4O2/c1-7-27-14-11-20(21(17-27)30-6)28-15-12-24(13-16-28,26(4)5)23(29)25-22-18(2)9-8-10-19(22)3/h8-10,20-21H,7,11-17H2,1-6H3,(H,25,29). The molecule has 168 valence electrons. The number of carbonyl (C=O) groups excluding carboxylic acids is 1. The van der Waals surface area contributed by atoms with E-state index in [1.54, 1.807) is 0 Å². The minimum absolute atomic E-state index is 0.119. The van der Waals surface area contributed by atoms with Crippen LogP contribution < -0.4 is 5.32 Å². The average Bonchev–Trinajstić information content (AvgIpc) is 2.75. The molecule has 1 amide bonds. The van der Waals surface area contributed by atoms with Crippen LogP contribution >= 0.6 is 0 Å². The number of benzene rings is 1. The van der Waals surface area contributed by atoms with Crippen molar-refractivity contribution in [1.82, 2.24) is 14.7 Å². The number of ether oxygens (including phenoxy) is 1. The van der Waals surface area contributed by atoms with Gasteiger partial charge < -0.3 is 15.0 Å². The van der Waals surface area contributed by atoms with Gasteiger partial charge in [-0.25, -0.2) is 0 Å². The lowest BCUT2D eigenvalue weighted by Crippen LogP contribution is -2.63. The maximum Gasteiger partial charge on any atom is 0.244 e. The average molecular weight is 417 g/mol. The van der Waals surface area contributed by atoms with Gasteiger partial charge in [0, 0.05) is 38.5 Å². The Morgan fingerprint density at radius 3 is 2.37 bits per heavy atom. The van der Waals surface area contributed by atoms with Gasteiger partial charge in [-0.1, -0.05) is 25.1 Å². The molecule has 0 aromatic heterocycles. The molecule has 0 aliphatic carbocycles. The van der Waals surface area contributed by atoms with Crippen molar-refractivity contribution in [3.8, 4) is 0 Å². The van der Waals surface area contributed by atoms with E-state index in [1.807, 2.05) is 27.3 Å². The van der Waals surface area contributed by atoms with Gasteiger partial charge in [-0.15, -0.1) is 0 Å². The third-order valence-corrected chi connectivity index (χ3v) is 7.45. The first-order chi connectivity index (χ1) is 14.3. The summed E-state index contributed by atoms with van der Waals surface area (Å²) in [5.74, 6) is 0.119. The number of rotatable bonds is 6. The number of hydrogen-bond acceptors (Lipinski definition) is 5. The van der Waals surface area contributed by atoms with Crippen LogP contribution in [0.5, 0.6) is 0 Å². The predicted molar refractivity (Wildman–Crippen MR) is 123 cm³/mol. The first-order valence-corrected chi connectivity index (χ1v) is 11.4. The molecule has 2 saturated heterocycles. The molecule has 6 nitrogen and oxygen atoms in total. The van der Waals surface area contributed by atoms with Crippen molar-refractivity contribution in [2.24, 2.45) is 0 Å². The third kappa shape index (κ3) is 4.57. The molecule has 2 fully saturated rings. The van der Waals surface area contributed by atoms with E-state index in [0.717, 1.165) is 68.8 Å². The number of para-hydroxylation sites is 1. The topological polar surface area (TPSA) is 48.0 Å². The summed E-state index contributed by atoms with van der Waals surface area (Å²) >= 11 is 0. The summed E-state index contributed by atoms with van der Waals surface area (Å²) in [5.41, 5.74) is 2.70. The quantitative estimate of drug-likeness (QED) is 0.773. The highest BCUT2D eigenvalue weighted by Crippen LogP contribution is 2.33. The van der Waals surface area contributed by atoms with E-state index in [9.17, 15) is 4.79 Å². The van der Waals surface area contributed by atoms with Crippen molar-refractivity contribution in [3.63, 3.8) is 0 Å². The summed E-state index contributed by atoms with van der Waals surface area (Å²) < 4.78 is 5.87. The number of nitrogens with one attached hydrogen (secondary N) is 1. The zero-order valence-corrected chi connectivity index (χ0v) is 19.7. The molecule has 2 unspecified atom stereocenters. The number of methoxy groups -OCH3 is 1. The maximum atomic E-state index is 13.5. The zero-order chi connectivity index (χ0) is 21.9. The molecule has 1 N–H and O–H groups in total. The number of amides is 1. The molecule has 1 aromatic rings. The molecule has 0 bridgehead atoms. The smallest absolute Gasteiger partial charge is 0.244 e. The largest absolute Gasteiger partial charge is 0.378 e. The molecule has 0 saturated carbocycles. The Bertz CT molecular complexity index is 708. The number of hydrogen-bond donors (Lipinski definition) is 1. The lowest BCUT2D eigenvalue weighted by Gasteiger charge is -2.49. The Hall–Kier alpha value is -1.47. The van der Waals surface area contributed by atoms with Crippen LogP contribution in [-0.4, -0.2) is 92.2 Å². The zero-order valence-electron chi connectivity index (χ0n) is 19.7. The van der Waals surface area contributed by atoms with Crippen LogP contribution in [0.2, 0.25) is 0 Å². The number of nitrogens with zero attached hydrogens (tertiary/aromatic N) is 3. The SMILES string of the molecule is CCN1CCC(N2CCC(C(=O)Nc3c(C)cccc3C)(N(C)C)CC2)C(OC)C1. The molecular formula is C24H40N4O2. The summed E-state index contributed by atoms with van der Waals surface area (Å²) in [7, 11) is 5.91. The molecule has 2 aliphatic rings. The van der Waals surface area contributed by atoms with Crippen molar-refractivity contribution in [3.05, 3.63) is 29.3 Å². The van der Waals surface area contributed by atoms with Gasteiger partial charge in [0.15, 0.2) is 0 Å². The van der Waals surface area contributed by atoms with E-state index in [-0.39, 0.29) is 12.0 Å². The van der Waals surface area contributed by atoms with E-state index in [0.29, 0.717) is 6.04 Å². The van der Waals surface area contributed by atoms with Gasteiger partial charge >= 0.3 is 0 Å². The molecule has 1 aromatic carbocycles. The lowest BCUT2D eigenvalue weighted by molar-refractivity contribution is -0.131. The second-order valence-electron chi connectivity index (χ2n) is 9.21. The minimum Gasteiger partial charge on any atom is -0.378 e. The van der Waals surface area contributed by atoms with Gasteiger partial charge in [-0.3, -0.25) is 14.6 Å². The first-order valence-electron chi connectivity index (χ1n) is 11.4. The number of likely N-dealkylation sites (tertiary alicyclic amines) is 2. The van der Waals surface area contributed by atoms with Crippen LogP contribution in [-0.2, 0) is 9.53 Å². The fourth-order valence-corrected chi connectivity index (χ4v) is 5.25. The number of likely N-dealkylation sites (N-methyl/N-ethyl adjacent to an activating group) is 2. The lowest BCUT2D eigenvalue weighted by atomic mass is 9.83. The fourth-order valence-electron chi connectivity index (χ4n) is 5.25. The minimum atomic E-state index is -0.474. The van der Waals surface area contributed by atoms with Crippen molar-refractivity contribution < 1.29 is 9.53 Å². The Morgan fingerprint density at radius 2 is 1.83 bits per heavy atom. The monoisotopic (exact) mass is 416 g/mol. The molecule has 3 rings (SSSR count). The second kappa shape index (κ2) is 9.77. The Morgan fingerprint density at radius 1 is 1.20 bits per heavy atom. The highest BCUT2D eigenvalue weighted by Gasteiger charge is 2.46. The highest BCUT2D eigenvalue weighted by molar-refractivity contribution is 5.99. The summed E-state index contributed by atoms with van der Waals surface area (Å²) in [6, 6.07) is 6.60. The van der Waals surface area contributed by atoms with E-state index in [2.05, 4.69) is 52.9 Å². The van der Waals surface area contributed by atoms with Gasteiger partial charge in [0.25, 0.3) is 0 Å². The molecule has 2 heterocycles. The number of piperidine rings is 2. The number of carbonyl (C=O) groups is 1. The van der Waals surface area contributed by atoms with Crippen LogP contribution in [0.15, 0.2) is 18.2 Å². The number of anilines is 1. The van der Waals surface area contributed by atoms with E-state index >= 15 is 0 Å². The van der Waals surface area contributed by atoms with Crippen molar-refractivity contribution >= 4 is 11.6 Å². The van der Waals surface area contributed by atoms with Crippen LogP contribution in [0.25, 0.3) is 0 Å². The molecule has 30 heavy (non-hydrogen) atoms. The van der Waals surface area contributed by atoms with Crippen LogP contribution in [0.4, 0.5) is 5.69 Å². The van der Waals surface area contributed by atoms with Crippen LogP contribution in [0.1, 0.15) is 37.3 Å². The summed E-state index contributed by atoms with van der Waals surface area (Å²) in [6.45, 7) is 11.4. The maximum absolute atomic E-state index is 13.5. The normalized spacial score (nSPS) is 25.4. The second-order valence-corrected chi connectivity index (χ2v) is 9.21. The van der Waals surface area contributed by atoms with Crippen molar-refractivity contribution in [2.45, 2.75) is 57.7 Å². The van der Waals surface area contributed by atoms with E-state index in [4.69, 9.17) is 4.74 Å². The molecular weight excluding hydrogens is 376 g/mol. The van der Waals surface area contributed by atoms with Gasteiger partial charge in [-0.05, 0) is 71.4 Å². The molecule has 2 atom stereocenters. The molecule has 2 aliphatic heterocycles. The Balaban J connectivity index is 1.70. The molecule has 0 radical (unpaired) electrons.